The van der Waals surface area contributed by atoms with E-state index in [9.17, 15) is 45.1 Å². The monoisotopic (exact) mass is 921 g/mol. The van der Waals surface area contributed by atoms with Crippen LogP contribution in [0.2, 0.25) is 0 Å². The molecule has 2 aromatic rings. The lowest BCUT2D eigenvalue weighted by atomic mass is 9.81. The predicted molar refractivity (Wildman–Crippen MR) is 236 cm³/mol. The van der Waals surface area contributed by atoms with Crippen molar-refractivity contribution in [3.63, 3.8) is 0 Å². The molecule has 20 heteroatoms. The summed E-state index contributed by atoms with van der Waals surface area (Å²) in [6.07, 6.45) is 14.1. The van der Waals surface area contributed by atoms with Crippen molar-refractivity contribution in [1.29, 1.82) is 0 Å². The first kappa shape index (κ1) is 49.4. The first-order valence-corrected chi connectivity index (χ1v) is 24.1. The number of hydrogen-bond donors (Lipinski definition) is 2. The van der Waals surface area contributed by atoms with E-state index in [0.29, 0.717) is 75.3 Å². The summed E-state index contributed by atoms with van der Waals surface area (Å²) in [6.45, 7) is 9.62. The zero-order valence-corrected chi connectivity index (χ0v) is 38.1. The Morgan fingerprint density at radius 1 is 0.891 bits per heavy atom. The average Bonchev–Trinajstić information content (AvgIpc) is 3.74. The third kappa shape index (κ3) is 11.9. The molecule has 3 aliphatic heterocycles. The van der Waals surface area contributed by atoms with Crippen LogP contribution in [0.3, 0.4) is 0 Å². The molecule has 3 heterocycles. The van der Waals surface area contributed by atoms with E-state index in [2.05, 4.69) is 24.8 Å². The lowest BCUT2D eigenvalue weighted by Gasteiger charge is -2.27. The summed E-state index contributed by atoms with van der Waals surface area (Å²) in [6, 6.07) is 8.89. The first-order valence-electron chi connectivity index (χ1n) is 21.2. The number of azide groups is 1. The molecule has 344 valence electrons. The molecule has 0 bridgehead atoms. The summed E-state index contributed by atoms with van der Waals surface area (Å²) in [7, 11) is -9.19. The van der Waals surface area contributed by atoms with Crippen LogP contribution in [0.15, 0.2) is 87.4 Å². The Morgan fingerprint density at radius 2 is 1.56 bits per heavy atom. The highest BCUT2D eigenvalue weighted by Crippen LogP contribution is 2.48. The quantitative estimate of drug-likeness (QED) is 0.0186. The fourth-order valence-corrected chi connectivity index (χ4v) is 9.23. The van der Waals surface area contributed by atoms with Gasteiger partial charge in [0.15, 0.2) is 5.71 Å². The second-order valence-electron chi connectivity index (χ2n) is 16.8. The minimum atomic E-state index is -4.73. The number of hydrogen-bond acceptors (Lipinski definition) is 12. The van der Waals surface area contributed by atoms with E-state index in [0.717, 1.165) is 41.2 Å². The molecule has 18 nitrogen and oxygen atoms in total. The molecule has 0 aromatic heterocycles. The zero-order valence-electron chi connectivity index (χ0n) is 36.5. The molecule has 3 aliphatic rings. The highest BCUT2D eigenvalue weighted by Gasteiger charge is 2.45. The smallest absolute Gasteiger partial charge is 0.333 e. The lowest BCUT2D eigenvalue weighted by molar-refractivity contribution is -0.438. The van der Waals surface area contributed by atoms with E-state index in [4.69, 9.17) is 10.4 Å². The van der Waals surface area contributed by atoms with Crippen LogP contribution >= 0.6 is 0 Å². The normalized spacial score (nSPS) is 17.4. The fourth-order valence-electron chi connectivity index (χ4n) is 8.23. The number of carbonyl (C=O) groups excluding carboxylic acids is 4. The van der Waals surface area contributed by atoms with E-state index >= 15 is 0 Å². The third-order valence-corrected chi connectivity index (χ3v) is 13.3. The van der Waals surface area contributed by atoms with E-state index in [-0.39, 0.29) is 35.0 Å². The standard InChI is InChI=1S/C44H55N7O11S2/c1-43(2)33-29-31(63(56,57)58)19-21-35(33)49(27-12-6-10-17-39(52)46-25-14-26-47-48-45)37(43)15-8-5-9-16-38-44(3,4)34-30-32(64(59,60)61)20-22-36(34)50(38)28-13-7-11-18-42(55)62-51-40(53)23-24-41(51)54/h5,8-9,15-16,19-22,29-30H,6-7,10-14,17-18,23-28H2,1-4H3,(H2-,46,52,56,57,58,59,60,61). The van der Waals surface area contributed by atoms with Gasteiger partial charge in [-0.15, -0.1) is 5.06 Å². The van der Waals surface area contributed by atoms with Crippen molar-refractivity contribution in [2.45, 2.75) is 119 Å². The SMILES string of the molecule is CC1(C)C(/C=C/C=C/C=C2/N(CCCCCC(=O)NCCCN=[N+]=[N-])c3ccc(S(=O)(=O)O)cc3C2(C)C)=[N+](CCCCCC(=O)ON2C(=O)CCC2=O)c2ccc(S(=O)(=O)[O-])cc21. The molecule has 0 aliphatic carbocycles. The Balaban J connectivity index is 1.32. The van der Waals surface area contributed by atoms with Gasteiger partial charge in [-0.05, 0) is 93.5 Å². The Bertz CT molecular complexity index is 2540. The Hall–Kier alpha value is -5.66. The van der Waals surface area contributed by atoms with Gasteiger partial charge in [0.25, 0.3) is 21.9 Å². The van der Waals surface area contributed by atoms with Crippen LogP contribution in [0, 0.1) is 0 Å². The molecule has 0 atom stereocenters. The van der Waals surface area contributed by atoms with Crippen molar-refractivity contribution in [1.82, 2.24) is 10.4 Å². The number of fused-ring (bicyclic) bond motifs is 2. The molecule has 2 N–H and O–H groups in total. The van der Waals surface area contributed by atoms with Gasteiger partial charge in [0, 0.05) is 91.2 Å². The van der Waals surface area contributed by atoms with Crippen LogP contribution < -0.4 is 10.2 Å². The van der Waals surface area contributed by atoms with Crippen molar-refractivity contribution in [3.05, 3.63) is 94.0 Å². The number of allylic oxidation sites excluding steroid dienone is 6. The van der Waals surface area contributed by atoms with Gasteiger partial charge in [0.2, 0.25) is 11.6 Å². The number of imide groups is 1. The Kier molecular flexibility index (Phi) is 16.1. The van der Waals surface area contributed by atoms with Crippen LogP contribution in [0.4, 0.5) is 11.4 Å². The van der Waals surface area contributed by atoms with Crippen LogP contribution in [0.1, 0.15) is 109 Å². The molecule has 0 saturated carbocycles. The highest BCUT2D eigenvalue weighted by molar-refractivity contribution is 7.86. The molecular weight excluding hydrogens is 867 g/mol. The average molecular weight is 922 g/mol. The van der Waals surface area contributed by atoms with E-state index in [1.165, 1.54) is 24.3 Å². The number of anilines is 1. The molecule has 0 radical (unpaired) electrons. The van der Waals surface area contributed by atoms with Gasteiger partial charge >= 0.3 is 5.97 Å². The van der Waals surface area contributed by atoms with Crippen LogP contribution in [-0.4, -0.2) is 91.2 Å². The van der Waals surface area contributed by atoms with E-state index < -0.39 is 48.8 Å². The van der Waals surface area contributed by atoms with E-state index in [1.54, 1.807) is 12.1 Å². The summed E-state index contributed by atoms with van der Waals surface area (Å²) >= 11 is 0. The lowest BCUT2D eigenvalue weighted by Crippen LogP contribution is -2.31. The van der Waals surface area contributed by atoms with Crippen molar-refractivity contribution in [2.75, 3.05) is 31.1 Å². The number of nitrogens with zero attached hydrogens (tertiary/aromatic N) is 6. The van der Waals surface area contributed by atoms with Gasteiger partial charge in [-0.3, -0.25) is 18.9 Å². The number of amides is 3. The number of unbranched alkanes of at least 4 members (excludes halogenated alkanes) is 4. The van der Waals surface area contributed by atoms with Gasteiger partial charge < -0.3 is 19.6 Å². The fraction of sp³-hybridized carbons (Fsp3) is 0.477. The van der Waals surface area contributed by atoms with Crippen molar-refractivity contribution < 1.29 is 54.5 Å². The van der Waals surface area contributed by atoms with Crippen molar-refractivity contribution in [2.24, 2.45) is 5.11 Å². The molecule has 1 saturated heterocycles. The molecule has 1 fully saturated rings. The van der Waals surface area contributed by atoms with Gasteiger partial charge in [-0.2, -0.15) is 13.0 Å². The van der Waals surface area contributed by atoms with Gasteiger partial charge in [0.1, 0.15) is 16.7 Å². The van der Waals surface area contributed by atoms with Crippen molar-refractivity contribution >= 4 is 61.0 Å². The summed E-state index contributed by atoms with van der Waals surface area (Å²) in [4.78, 5) is 57.5. The first-order chi connectivity index (χ1) is 30.2. The van der Waals surface area contributed by atoms with Gasteiger partial charge in [-0.25, -0.2) is 13.2 Å². The van der Waals surface area contributed by atoms with Crippen molar-refractivity contribution in [3.8, 4) is 0 Å². The number of nitrogens with one attached hydrogen (secondary N) is 1. The molecule has 0 spiro atoms. The van der Waals surface area contributed by atoms with Gasteiger partial charge in [-0.1, -0.05) is 43.6 Å². The molecule has 0 unspecified atom stereocenters. The van der Waals surface area contributed by atoms with Crippen LogP contribution in [0.25, 0.3) is 10.4 Å². The maximum absolute atomic E-state index is 12.3. The number of rotatable bonds is 22. The second kappa shape index (κ2) is 20.9. The summed E-state index contributed by atoms with van der Waals surface area (Å²) in [5.74, 6) is -1.85. The minimum Gasteiger partial charge on any atom is -0.744 e. The summed E-state index contributed by atoms with van der Waals surface area (Å²) in [5.41, 5.74) is 11.6. The maximum atomic E-state index is 12.3. The molecule has 3 amide bonds. The summed E-state index contributed by atoms with van der Waals surface area (Å²) in [5, 5.41) is 6.82. The van der Waals surface area contributed by atoms with Crippen LogP contribution in [0.5, 0.6) is 0 Å². The third-order valence-electron chi connectivity index (χ3n) is 11.6. The topological polar surface area (TPSA) is 259 Å². The number of benzene rings is 2. The molecule has 2 aromatic carbocycles. The number of hydroxylamine groups is 2. The molecular formula is C44H55N7O11S2. The van der Waals surface area contributed by atoms with Gasteiger partial charge in [0.05, 0.1) is 15.2 Å². The minimum absolute atomic E-state index is 0.00346. The van der Waals surface area contributed by atoms with E-state index in [1.807, 2.05) is 58.1 Å². The molecule has 64 heavy (non-hydrogen) atoms. The summed E-state index contributed by atoms with van der Waals surface area (Å²) < 4.78 is 72.2. The predicted octanol–water partition coefficient (Wildman–Crippen LogP) is 6.55. The largest absolute Gasteiger partial charge is 0.744 e. The second-order valence-corrected chi connectivity index (χ2v) is 19.6. The maximum Gasteiger partial charge on any atom is 0.333 e. The molecule has 5 rings (SSSR count). The number of carbonyl (C=O) groups is 4. The van der Waals surface area contributed by atoms with Crippen LogP contribution in [-0.2, 0) is 55.1 Å². The highest BCUT2D eigenvalue weighted by atomic mass is 32.2. The Labute approximate surface area is 373 Å². The zero-order chi connectivity index (χ0) is 46.9. The Morgan fingerprint density at radius 3 is 2.25 bits per heavy atom.